The smallest absolute Gasteiger partial charge is 0.238 e. The molecule has 0 bridgehead atoms. The summed E-state index contributed by atoms with van der Waals surface area (Å²) >= 11 is 6.15. The topological polar surface area (TPSA) is 52.8 Å². The zero-order valence-electron chi connectivity index (χ0n) is 9.54. The van der Waals surface area contributed by atoms with Gasteiger partial charge in [-0.15, -0.1) is 0 Å². The molecule has 6 heteroatoms. The summed E-state index contributed by atoms with van der Waals surface area (Å²) in [4.78, 5) is 12.7. The van der Waals surface area contributed by atoms with Crippen LogP contribution >= 0.6 is 11.6 Å². The Morgan fingerprint density at radius 2 is 2.17 bits per heavy atom. The Labute approximate surface area is 108 Å². The number of imidazole rings is 1. The molecule has 18 heavy (non-hydrogen) atoms. The van der Waals surface area contributed by atoms with Gasteiger partial charge in [0.25, 0.3) is 0 Å². The lowest BCUT2D eigenvalue weighted by molar-refractivity contribution is 0.402. The molecule has 90 valence electrons. The van der Waals surface area contributed by atoms with Gasteiger partial charge < -0.3 is 4.74 Å². The van der Waals surface area contributed by atoms with E-state index < -0.39 is 0 Å². The number of ether oxygens (including phenoxy) is 1. The molecule has 5 nitrogen and oxygen atoms in total. The van der Waals surface area contributed by atoms with Crippen LogP contribution in [0.15, 0.2) is 36.9 Å². The lowest BCUT2D eigenvalue weighted by Crippen LogP contribution is -2.02. The molecule has 0 N–H and O–H groups in total. The second-order valence-electron chi connectivity index (χ2n) is 3.64. The maximum absolute atomic E-state index is 6.15. The molecule has 2 aromatic heterocycles. The van der Waals surface area contributed by atoms with Crippen LogP contribution in [0.4, 0.5) is 0 Å². The van der Waals surface area contributed by atoms with Gasteiger partial charge in [-0.3, -0.25) is 4.57 Å². The Kier molecular flexibility index (Phi) is 2.60. The van der Waals surface area contributed by atoms with Gasteiger partial charge in [0.2, 0.25) is 11.8 Å². The molecular weight excluding hydrogens is 252 g/mol. The van der Waals surface area contributed by atoms with Gasteiger partial charge in [0.05, 0.1) is 23.0 Å². The van der Waals surface area contributed by atoms with E-state index in [1.54, 1.807) is 36.5 Å². The molecule has 1 aromatic carbocycles. The van der Waals surface area contributed by atoms with Crippen LogP contribution in [0.2, 0.25) is 5.02 Å². The predicted octanol–water partition coefficient (Wildman–Crippen LogP) is 2.48. The quantitative estimate of drug-likeness (QED) is 0.710. The Balaban J connectivity index is 2.33. The molecule has 0 saturated heterocycles. The lowest BCUT2D eigenvalue weighted by Gasteiger charge is -2.08. The third-order valence-corrected chi connectivity index (χ3v) is 2.86. The average Bonchev–Trinajstić information content (AvgIpc) is 2.92. The Morgan fingerprint density at radius 1 is 1.28 bits per heavy atom. The molecule has 0 fully saturated rings. The summed E-state index contributed by atoms with van der Waals surface area (Å²) in [6.45, 7) is 0. The van der Waals surface area contributed by atoms with Crippen molar-refractivity contribution < 1.29 is 4.74 Å². The van der Waals surface area contributed by atoms with Gasteiger partial charge in [-0.2, -0.15) is 4.98 Å². The van der Waals surface area contributed by atoms with E-state index in [0.717, 1.165) is 5.39 Å². The van der Waals surface area contributed by atoms with Gasteiger partial charge in [-0.05, 0) is 12.1 Å². The van der Waals surface area contributed by atoms with E-state index in [4.69, 9.17) is 16.3 Å². The molecule has 0 saturated carbocycles. The van der Waals surface area contributed by atoms with E-state index in [-0.39, 0.29) is 0 Å². The van der Waals surface area contributed by atoms with Crippen LogP contribution in [-0.2, 0) is 0 Å². The summed E-state index contributed by atoms with van der Waals surface area (Å²) in [5.74, 6) is 0.969. The largest absolute Gasteiger partial charge is 0.480 e. The fourth-order valence-corrected chi connectivity index (χ4v) is 1.94. The van der Waals surface area contributed by atoms with Gasteiger partial charge in [-0.1, -0.05) is 17.7 Å². The summed E-state index contributed by atoms with van der Waals surface area (Å²) in [5, 5.41) is 1.35. The predicted molar refractivity (Wildman–Crippen MR) is 68.2 cm³/mol. The minimum Gasteiger partial charge on any atom is -0.480 e. The Hall–Kier alpha value is -2.14. The zero-order chi connectivity index (χ0) is 12.5. The lowest BCUT2D eigenvalue weighted by atomic mass is 10.2. The van der Waals surface area contributed by atoms with Gasteiger partial charge in [-0.25, -0.2) is 9.97 Å². The molecule has 2 heterocycles. The molecule has 0 aliphatic heterocycles. The molecule has 3 aromatic rings. The summed E-state index contributed by atoms with van der Waals surface area (Å²) in [6, 6.07) is 5.50. The average molecular weight is 261 g/mol. The molecule has 0 radical (unpaired) electrons. The minimum absolute atomic E-state index is 0.477. The highest BCUT2D eigenvalue weighted by molar-refractivity contribution is 6.35. The molecule has 0 amide bonds. The van der Waals surface area contributed by atoms with Crippen molar-refractivity contribution in [3.8, 4) is 11.8 Å². The van der Waals surface area contributed by atoms with Crippen molar-refractivity contribution in [2.75, 3.05) is 7.11 Å². The van der Waals surface area contributed by atoms with Crippen LogP contribution in [0.25, 0.3) is 16.9 Å². The van der Waals surface area contributed by atoms with E-state index in [9.17, 15) is 0 Å². The van der Waals surface area contributed by atoms with E-state index in [1.807, 2.05) is 12.1 Å². The first-order valence-corrected chi connectivity index (χ1v) is 5.66. The van der Waals surface area contributed by atoms with Gasteiger partial charge >= 0.3 is 0 Å². The van der Waals surface area contributed by atoms with E-state index in [0.29, 0.717) is 22.4 Å². The SMILES string of the molecule is COc1nc(-n2ccnc2)nc2c(Cl)cccc12. The number of rotatable bonds is 2. The van der Waals surface area contributed by atoms with Crippen molar-refractivity contribution in [2.24, 2.45) is 0 Å². The normalized spacial score (nSPS) is 10.8. The van der Waals surface area contributed by atoms with Crippen LogP contribution in [0.3, 0.4) is 0 Å². The molecular formula is C12H9ClN4O. The summed E-state index contributed by atoms with van der Waals surface area (Å²) in [6.07, 6.45) is 5.04. The third-order valence-electron chi connectivity index (χ3n) is 2.56. The van der Waals surface area contributed by atoms with Crippen LogP contribution in [0.1, 0.15) is 0 Å². The fraction of sp³-hybridized carbons (Fsp3) is 0.0833. The van der Waals surface area contributed by atoms with Crippen LogP contribution < -0.4 is 4.74 Å². The molecule has 0 atom stereocenters. The molecule has 0 unspecified atom stereocenters. The Bertz CT molecular complexity index is 697. The first-order valence-electron chi connectivity index (χ1n) is 5.28. The van der Waals surface area contributed by atoms with Gasteiger partial charge in [0.15, 0.2) is 0 Å². The first kappa shape index (κ1) is 11.0. The van der Waals surface area contributed by atoms with E-state index in [2.05, 4.69) is 15.0 Å². The standard InChI is InChI=1S/C12H9ClN4O/c1-18-11-8-3-2-4-9(13)10(8)15-12(16-11)17-6-5-14-7-17/h2-7H,1H3. The van der Waals surface area contributed by atoms with Crippen LogP contribution in [0, 0.1) is 0 Å². The number of aromatic nitrogens is 4. The van der Waals surface area contributed by atoms with Gasteiger partial charge in [0, 0.05) is 12.4 Å². The van der Waals surface area contributed by atoms with Crippen LogP contribution in [0.5, 0.6) is 5.88 Å². The van der Waals surface area contributed by atoms with E-state index in [1.165, 1.54) is 0 Å². The summed E-state index contributed by atoms with van der Waals surface area (Å²) < 4.78 is 6.98. The number of nitrogens with zero attached hydrogens (tertiary/aromatic N) is 4. The number of benzene rings is 1. The number of methoxy groups -OCH3 is 1. The van der Waals surface area contributed by atoms with Crippen molar-refractivity contribution in [3.63, 3.8) is 0 Å². The van der Waals surface area contributed by atoms with Crippen molar-refractivity contribution in [3.05, 3.63) is 41.9 Å². The minimum atomic E-state index is 0.477. The molecule has 3 rings (SSSR count). The third kappa shape index (κ3) is 1.69. The fourth-order valence-electron chi connectivity index (χ4n) is 1.73. The molecule has 0 aliphatic carbocycles. The van der Waals surface area contributed by atoms with Crippen molar-refractivity contribution in [2.45, 2.75) is 0 Å². The highest BCUT2D eigenvalue weighted by Crippen LogP contribution is 2.28. The number of fused-ring (bicyclic) bond motifs is 1. The molecule has 0 aliphatic rings. The first-order chi connectivity index (χ1) is 8.79. The highest BCUT2D eigenvalue weighted by Gasteiger charge is 2.11. The van der Waals surface area contributed by atoms with Crippen molar-refractivity contribution in [1.82, 2.24) is 19.5 Å². The van der Waals surface area contributed by atoms with Crippen LogP contribution in [-0.4, -0.2) is 26.6 Å². The van der Waals surface area contributed by atoms with E-state index >= 15 is 0 Å². The van der Waals surface area contributed by atoms with Crippen molar-refractivity contribution in [1.29, 1.82) is 0 Å². The number of hydrogen-bond acceptors (Lipinski definition) is 4. The summed E-state index contributed by atoms with van der Waals surface area (Å²) in [7, 11) is 1.57. The number of halogens is 1. The Morgan fingerprint density at radius 3 is 2.89 bits per heavy atom. The number of hydrogen-bond donors (Lipinski definition) is 0. The van der Waals surface area contributed by atoms with Crippen molar-refractivity contribution >= 4 is 22.5 Å². The second kappa shape index (κ2) is 4.27. The van der Waals surface area contributed by atoms with Gasteiger partial charge in [0.1, 0.15) is 6.33 Å². The maximum atomic E-state index is 6.15. The highest BCUT2D eigenvalue weighted by atomic mass is 35.5. The zero-order valence-corrected chi connectivity index (χ0v) is 10.3. The number of para-hydroxylation sites is 1. The monoisotopic (exact) mass is 260 g/mol. The molecule has 0 spiro atoms. The maximum Gasteiger partial charge on any atom is 0.238 e. The second-order valence-corrected chi connectivity index (χ2v) is 4.05. The summed E-state index contributed by atoms with van der Waals surface area (Å²) in [5.41, 5.74) is 0.662.